The van der Waals surface area contributed by atoms with Crippen molar-refractivity contribution in [2.24, 2.45) is 4.99 Å². The SMILES string of the molecule is COc1ccc(CNc2csc(C3(C)N=C(NC(=O)c4ccccc4)N(C)S(O)(O)C3C)n2)c(OC)c1. The van der Waals surface area contributed by atoms with Crippen LogP contribution in [0.3, 0.4) is 0 Å². The van der Waals surface area contributed by atoms with Gasteiger partial charge in [0.25, 0.3) is 5.91 Å². The quantitative estimate of drug-likeness (QED) is 0.334. The van der Waals surface area contributed by atoms with Crippen LogP contribution in [0.15, 0.2) is 58.9 Å². The molecule has 0 aliphatic carbocycles. The van der Waals surface area contributed by atoms with Crippen LogP contribution in [0, 0.1) is 0 Å². The van der Waals surface area contributed by atoms with Crippen LogP contribution in [-0.4, -0.2) is 56.8 Å². The van der Waals surface area contributed by atoms with Crippen molar-refractivity contribution >= 4 is 39.8 Å². The second-order valence-corrected chi connectivity index (χ2v) is 11.9. The highest BCUT2D eigenvalue weighted by molar-refractivity contribution is 8.23. The number of hydrogen-bond donors (Lipinski definition) is 4. The summed E-state index contributed by atoms with van der Waals surface area (Å²) in [6.07, 6.45) is 0. The molecule has 1 aliphatic heterocycles. The largest absolute Gasteiger partial charge is 0.497 e. The number of ether oxygens (including phenoxy) is 2. The molecule has 1 amide bonds. The molecular weight excluding hydrogens is 514 g/mol. The molecule has 0 saturated carbocycles. The van der Waals surface area contributed by atoms with Crippen molar-refractivity contribution in [3.63, 3.8) is 0 Å². The third-order valence-electron chi connectivity index (χ3n) is 6.46. The van der Waals surface area contributed by atoms with E-state index in [0.717, 1.165) is 5.56 Å². The van der Waals surface area contributed by atoms with Crippen LogP contribution in [0.25, 0.3) is 0 Å². The fourth-order valence-electron chi connectivity index (χ4n) is 3.92. The third kappa shape index (κ3) is 5.23. The third-order valence-corrected chi connectivity index (χ3v) is 9.91. The van der Waals surface area contributed by atoms with Gasteiger partial charge < -0.3 is 14.8 Å². The Kier molecular flexibility index (Phi) is 7.64. The smallest absolute Gasteiger partial charge is 0.257 e. The molecule has 0 saturated heterocycles. The van der Waals surface area contributed by atoms with E-state index in [1.54, 1.807) is 52.3 Å². The Hall–Kier alpha value is -3.32. The van der Waals surface area contributed by atoms with Crippen LogP contribution in [0.1, 0.15) is 34.8 Å². The van der Waals surface area contributed by atoms with Gasteiger partial charge in [0, 0.05) is 36.2 Å². The number of carbonyl (C=O) groups is 1. The highest BCUT2D eigenvalue weighted by Gasteiger charge is 2.50. The molecule has 4 N–H and O–H groups in total. The summed E-state index contributed by atoms with van der Waals surface area (Å²) in [5, 5.41) is 7.77. The maximum atomic E-state index is 12.8. The van der Waals surface area contributed by atoms with Gasteiger partial charge in [-0.05, 0) is 38.1 Å². The molecule has 0 spiro atoms. The summed E-state index contributed by atoms with van der Waals surface area (Å²) in [6.45, 7) is 3.98. The van der Waals surface area contributed by atoms with E-state index in [4.69, 9.17) is 19.5 Å². The van der Waals surface area contributed by atoms with Crippen LogP contribution < -0.4 is 20.1 Å². The Morgan fingerprint density at radius 1 is 1.19 bits per heavy atom. The minimum absolute atomic E-state index is 0.0714. The van der Waals surface area contributed by atoms with Gasteiger partial charge in [0.1, 0.15) is 27.9 Å². The molecule has 12 heteroatoms. The molecule has 37 heavy (non-hydrogen) atoms. The first-order valence-electron chi connectivity index (χ1n) is 11.5. The van der Waals surface area contributed by atoms with Gasteiger partial charge in [-0.2, -0.15) is 0 Å². The summed E-state index contributed by atoms with van der Waals surface area (Å²) in [5.41, 5.74) is 0.271. The van der Waals surface area contributed by atoms with Gasteiger partial charge in [-0.15, -0.1) is 22.1 Å². The molecule has 1 aromatic heterocycles. The average Bonchev–Trinajstić information content (AvgIpc) is 3.40. The van der Waals surface area contributed by atoms with Gasteiger partial charge in [-0.1, -0.05) is 18.2 Å². The molecule has 2 atom stereocenters. The predicted octanol–water partition coefficient (Wildman–Crippen LogP) is 4.77. The lowest BCUT2D eigenvalue weighted by Gasteiger charge is -2.53. The van der Waals surface area contributed by atoms with E-state index in [0.29, 0.717) is 34.4 Å². The zero-order valence-corrected chi connectivity index (χ0v) is 22.9. The minimum Gasteiger partial charge on any atom is -0.497 e. The molecule has 0 fully saturated rings. The number of thiazole rings is 1. The number of rotatable bonds is 7. The van der Waals surface area contributed by atoms with E-state index in [1.165, 1.54) is 22.7 Å². The first kappa shape index (κ1) is 26.7. The lowest BCUT2D eigenvalue weighted by molar-refractivity contribution is 0.0973. The van der Waals surface area contributed by atoms with Crippen molar-refractivity contribution in [2.45, 2.75) is 31.2 Å². The second-order valence-electron chi connectivity index (χ2n) is 8.67. The monoisotopic (exact) mass is 545 g/mol. The highest BCUT2D eigenvalue weighted by atomic mass is 32.3. The summed E-state index contributed by atoms with van der Waals surface area (Å²) in [5.74, 6) is 1.69. The number of amides is 1. The number of nitrogens with zero attached hydrogens (tertiary/aromatic N) is 3. The number of hydrogen-bond acceptors (Lipinski definition) is 10. The lowest BCUT2D eigenvalue weighted by Crippen LogP contribution is -2.54. The van der Waals surface area contributed by atoms with Gasteiger partial charge in [0.2, 0.25) is 5.96 Å². The second kappa shape index (κ2) is 10.6. The van der Waals surface area contributed by atoms with Crippen molar-refractivity contribution in [3.8, 4) is 11.5 Å². The Bertz CT molecular complexity index is 1300. The van der Waals surface area contributed by atoms with Crippen LogP contribution in [0.5, 0.6) is 11.5 Å². The Morgan fingerprint density at radius 3 is 2.59 bits per heavy atom. The van der Waals surface area contributed by atoms with Crippen molar-refractivity contribution in [2.75, 3.05) is 26.6 Å². The van der Waals surface area contributed by atoms with Gasteiger partial charge in [0.05, 0.1) is 19.5 Å². The molecule has 2 heterocycles. The van der Waals surface area contributed by atoms with E-state index in [1.807, 2.05) is 29.6 Å². The Labute approximate surface area is 221 Å². The van der Waals surface area contributed by atoms with Gasteiger partial charge in [0.15, 0.2) is 0 Å². The number of aromatic nitrogens is 1. The first-order valence-corrected chi connectivity index (χ1v) is 13.9. The normalized spacial score (nSPS) is 21.5. The van der Waals surface area contributed by atoms with E-state index in [2.05, 4.69) is 10.6 Å². The molecule has 10 nitrogen and oxygen atoms in total. The number of benzene rings is 2. The fraction of sp³-hybridized carbons (Fsp3) is 0.320. The lowest BCUT2D eigenvalue weighted by atomic mass is 10.0. The van der Waals surface area contributed by atoms with E-state index in [9.17, 15) is 13.9 Å². The highest BCUT2D eigenvalue weighted by Crippen LogP contribution is 2.57. The Balaban J connectivity index is 1.59. The van der Waals surface area contributed by atoms with Crippen molar-refractivity contribution < 1.29 is 23.4 Å². The summed E-state index contributed by atoms with van der Waals surface area (Å²) >= 11 is 1.36. The molecule has 198 valence electrons. The number of aliphatic imine (C=N–C) groups is 1. The van der Waals surface area contributed by atoms with E-state index in [-0.39, 0.29) is 5.96 Å². The number of anilines is 1. The van der Waals surface area contributed by atoms with Crippen LogP contribution in [-0.2, 0) is 12.1 Å². The van der Waals surface area contributed by atoms with Crippen LogP contribution >= 0.6 is 22.1 Å². The molecule has 4 rings (SSSR count). The van der Waals surface area contributed by atoms with Crippen molar-refractivity contribution in [1.82, 2.24) is 14.6 Å². The van der Waals surface area contributed by atoms with E-state index >= 15 is 0 Å². The minimum atomic E-state index is -3.33. The van der Waals surface area contributed by atoms with Crippen molar-refractivity contribution in [1.29, 1.82) is 0 Å². The summed E-state index contributed by atoms with van der Waals surface area (Å²) in [7, 11) is 1.38. The molecule has 2 aromatic carbocycles. The van der Waals surface area contributed by atoms with Crippen LogP contribution in [0.2, 0.25) is 0 Å². The average molecular weight is 546 g/mol. The number of nitrogens with one attached hydrogen (secondary N) is 2. The summed E-state index contributed by atoms with van der Waals surface area (Å²) in [4.78, 5) is 22.3. The van der Waals surface area contributed by atoms with Gasteiger partial charge in [-0.3, -0.25) is 19.2 Å². The molecule has 1 aliphatic rings. The molecule has 0 bridgehead atoms. The van der Waals surface area contributed by atoms with E-state index < -0.39 is 27.5 Å². The molecule has 3 aromatic rings. The summed E-state index contributed by atoms with van der Waals surface area (Å²) in [6, 6.07) is 14.3. The van der Waals surface area contributed by atoms with Gasteiger partial charge in [-0.25, -0.2) is 14.3 Å². The molecule has 0 radical (unpaired) electrons. The predicted molar refractivity (Wildman–Crippen MR) is 148 cm³/mol. The Morgan fingerprint density at radius 2 is 1.92 bits per heavy atom. The van der Waals surface area contributed by atoms with Gasteiger partial charge >= 0.3 is 0 Å². The standard InChI is InChI=1S/C25H31N5O5S2/c1-16-25(2,29-24(30(3)37(16,32)33)28-22(31)17-9-7-6-8-10-17)23-27-21(15-36-23)26-14-18-11-12-19(34-4)13-20(18)35-5/h6-13,15-16,26,32-33H,14H2,1-5H3,(H,28,29,31). The fourth-order valence-corrected chi connectivity index (χ4v) is 6.56. The van der Waals surface area contributed by atoms with Crippen LogP contribution in [0.4, 0.5) is 5.82 Å². The molecule has 2 unspecified atom stereocenters. The maximum Gasteiger partial charge on any atom is 0.257 e. The summed E-state index contributed by atoms with van der Waals surface area (Å²) < 4.78 is 34.1. The molecular formula is C25H31N5O5S2. The topological polar surface area (TPSA) is 129 Å². The number of methoxy groups -OCH3 is 2. The van der Waals surface area contributed by atoms with Crippen molar-refractivity contribution in [3.05, 3.63) is 70.0 Å². The first-order chi connectivity index (χ1) is 17.6. The number of guanidine groups is 1. The zero-order valence-electron chi connectivity index (χ0n) is 21.3. The number of carbonyl (C=O) groups excluding carboxylic acids is 1. The maximum absolute atomic E-state index is 12.8. The zero-order chi connectivity index (χ0) is 26.8.